The molecule has 0 unspecified atom stereocenters. The van der Waals surface area contributed by atoms with Crippen molar-refractivity contribution in [3.05, 3.63) is 69.8 Å². The predicted octanol–water partition coefficient (Wildman–Crippen LogP) is 4.53. The summed E-state index contributed by atoms with van der Waals surface area (Å²) in [6.45, 7) is 5.41. The molecule has 0 bridgehead atoms. The van der Waals surface area contributed by atoms with Crippen LogP contribution in [0, 0.1) is 6.92 Å². The van der Waals surface area contributed by atoms with E-state index in [1.54, 1.807) is 35.7 Å². The number of unbranched alkanes of at least 4 members (excludes halogenated alkanes) is 1. The van der Waals surface area contributed by atoms with Gasteiger partial charge < -0.3 is 14.8 Å². The van der Waals surface area contributed by atoms with Crippen LogP contribution in [-0.2, 0) is 13.2 Å². The highest BCUT2D eigenvalue weighted by molar-refractivity contribution is 7.09. The van der Waals surface area contributed by atoms with E-state index in [1.165, 1.54) is 0 Å². The van der Waals surface area contributed by atoms with Crippen LogP contribution in [0.3, 0.4) is 0 Å². The molecule has 0 spiro atoms. The molecule has 3 aromatic rings. The van der Waals surface area contributed by atoms with E-state index in [0.717, 1.165) is 29.1 Å². The molecule has 1 aromatic carbocycles. The molecule has 0 saturated carbocycles. The van der Waals surface area contributed by atoms with Crippen molar-refractivity contribution in [2.75, 3.05) is 6.61 Å². The summed E-state index contributed by atoms with van der Waals surface area (Å²) >= 11 is 1.59. The van der Waals surface area contributed by atoms with E-state index in [1.807, 2.05) is 30.5 Å². The molecule has 7 heteroatoms. The monoisotopic (exact) mass is 411 g/mol. The second kappa shape index (κ2) is 10.6. The fraction of sp³-hybridized carbons (Fsp3) is 0.318. The van der Waals surface area contributed by atoms with Gasteiger partial charge in [-0.05, 0) is 37.6 Å². The number of hydrogen-bond donors (Lipinski definition) is 1. The molecule has 0 aliphatic carbocycles. The van der Waals surface area contributed by atoms with E-state index in [0.29, 0.717) is 37.0 Å². The highest BCUT2D eigenvalue weighted by Gasteiger charge is 2.10. The number of benzene rings is 1. The first-order chi connectivity index (χ1) is 14.2. The summed E-state index contributed by atoms with van der Waals surface area (Å²) in [6.07, 6.45) is 3.71. The van der Waals surface area contributed by atoms with Gasteiger partial charge in [0.25, 0.3) is 5.91 Å². The molecule has 0 radical (unpaired) electrons. The van der Waals surface area contributed by atoms with Crippen molar-refractivity contribution in [1.82, 2.24) is 15.3 Å². The van der Waals surface area contributed by atoms with Crippen LogP contribution in [0.15, 0.2) is 48.0 Å². The Kier molecular flexibility index (Phi) is 7.58. The molecular formula is C22H25N3O3S. The molecule has 1 amide bonds. The van der Waals surface area contributed by atoms with E-state index < -0.39 is 0 Å². The summed E-state index contributed by atoms with van der Waals surface area (Å²) in [5.41, 5.74) is 2.27. The lowest BCUT2D eigenvalue weighted by atomic mass is 10.2. The average molecular weight is 412 g/mol. The number of carbonyl (C=O) groups excluding carboxylic acids is 1. The number of thiazole rings is 1. The number of hydrogen-bond acceptors (Lipinski definition) is 6. The maximum absolute atomic E-state index is 12.6. The van der Waals surface area contributed by atoms with Crippen LogP contribution in [0.2, 0.25) is 0 Å². The van der Waals surface area contributed by atoms with Gasteiger partial charge in [0.15, 0.2) is 0 Å². The summed E-state index contributed by atoms with van der Waals surface area (Å²) in [5, 5.41) is 5.90. The zero-order valence-electron chi connectivity index (χ0n) is 16.7. The molecule has 0 atom stereocenters. The van der Waals surface area contributed by atoms with Gasteiger partial charge in [0.2, 0.25) is 5.88 Å². The highest BCUT2D eigenvalue weighted by Crippen LogP contribution is 2.18. The smallest absolute Gasteiger partial charge is 0.251 e. The Morgan fingerprint density at radius 2 is 2.10 bits per heavy atom. The first-order valence-corrected chi connectivity index (χ1v) is 10.5. The van der Waals surface area contributed by atoms with Gasteiger partial charge in [0.05, 0.1) is 17.3 Å². The molecule has 6 nitrogen and oxygen atoms in total. The van der Waals surface area contributed by atoms with Gasteiger partial charge in [-0.3, -0.25) is 4.79 Å². The number of pyridine rings is 1. The standard InChI is InChI=1S/C22H25N3O3S/c1-3-4-11-27-22-18(8-6-10-23-22)13-24-21(26)17-7-5-9-20(12-17)28-14-19-15-29-16(2)25-19/h5-10,12,15H,3-4,11,13-14H2,1-2H3,(H,24,26). The molecule has 0 aliphatic heterocycles. The largest absolute Gasteiger partial charge is 0.487 e. The normalized spacial score (nSPS) is 10.6. The van der Waals surface area contributed by atoms with E-state index in [-0.39, 0.29) is 5.91 Å². The van der Waals surface area contributed by atoms with Crippen molar-refractivity contribution in [3.63, 3.8) is 0 Å². The number of amides is 1. The molecule has 152 valence electrons. The number of aromatic nitrogens is 2. The van der Waals surface area contributed by atoms with E-state index >= 15 is 0 Å². The van der Waals surface area contributed by atoms with Crippen molar-refractivity contribution in [2.45, 2.75) is 39.8 Å². The number of carbonyl (C=O) groups is 1. The van der Waals surface area contributed by atoms with Crippen LogP contribution in [-0.4, -0.2) is 22.5 Å². The van der Waals surface area contributed by atoms with E-state index in [9.17, 15) is 4.79 Å². The van der Waals surface area contributed by atoms with Crippen molar-refractivity contribution in [2.24, 2.45) is 0 Å². The van der Waals surface area contributed by atoms with Crippen LogP contribution in [0.4, 0.5) is 0 Å². The maximum atomic E-state index is 12.6. The topological polar surface area (TPSA) is 73.3 Å². The lowest BCUT2D eigenvalue weighted by Gasteiger charge is -2.11. The summed E-state index contributed by atoms with van der Waals surface area (Å²) < 4.78 is 11.5. The molecular weight excluding hydrogens is 386 g/mol. The van der Waals surface area contributed by atoms with Crippen molar-refractivity contribution in [3.8, 4) is 11.6 Å². The molecule has 1 N–H and O–H groups in total. The summed E-state index contributed by atoms with van der Waals surface area (Å²) in [7, 11) is 0. The van der Waals surface area contributed by atoms with Gasteiger partial charge >= 0.3 is 0 Å². The third-order valence-electron chi connectivity index (χ3n) is 4.18. The molecule has 29 heavy (non-hydrogen) atoms. The average Bonchev–Trinajstić information content (AvgIpc) is 3.17. The Bertz CT molecular complexity index is 942. The fourth-order valence-corrected chi connectivity index (χ4v) is 3.24. The number of rotatable bonds is 10. The quantitative estimate of drug-likeness (QED) is 0.496. The lowest BCUT2D eigenvalue weighted by molar-refractivity contribution is 0.0950. The Balaban J connectivity index is 1.57. The van der Waals surface area contributed by atoms with Gasteiger partial charge in [-0.1, -0.05) is 25.5 Å². The maximum Gasteiger partial charge on any atom is 0.251 e. The Labute approximate surface area is 174 Å². The van der Waals surface area contributed by atoms with Crippen molar-refractivity contribution < 1.29 is 14.3 Å². The van der Waals surface area contributed by atoms with Gasteiger partial charge in [-0.25, -0.2) is 9.97 Å². The van der Waals surface area contributed by atoms with Gasteiger partial charge in [0, 0.05) is 29.2 Å². The zero-order chi connectivity index (χ0) is 20.5. The third kappa shape index (κ3) is 6.29. The second-order valence-corrected chi connectivity index (χ2v) is 7.59. The minimum atomic E-state index is -0.177. The minimum Gasteiger partial charge on any atom is -0.487 e. The van der Waals surface area contributed by atoms with Crippen molar-refractivity contribution in [1.29, 1.82) is 0 Å². The van der Waals surface area contributed by atoms with Crippen LogP contribution in [0.5, 0.6) is 11.6 Å². The van der Waals surface area contributed by atoms with E-state index in [2.05, 4.69) is 22.2 Å². The third-order valence-corrected chi connectivity index (χ3v) is 5.00. The Morgan fingerprint density at radius 1 is 1.21 bits per heavy atom. The van der Waals surface area contributed by atoms with Crippen LogP contribution in [0.25, 0.3) is 0 Å². The zero-order valence-corrected chi connectivity index (χ0v) is 17.5. The van der Waals surface area contributed by atoms with Crippen molar-refractivity contribution >= 4 is 17.2 Å². The number of aryl methyl sites for hydroxylation is 1. The van der Waals surface area contributed by atoms with Crippen LogP contribution >= 0.6 is 11.3 Å². The van der Waals surface area contributed by atoms with Gasteiger partial charge in [0.1, 0.15) is 12.4 Å². The first-order valence-electron chi connectivity index (χ1n) is 9.64. The summed E-state index contributed by atoms with van der Waals surface area (Å²) in [4.78, 5) is 21.2. The first kappa shape index (κ1) is 20.8. The van der Waals surface area contributed by atoms with Crippen LogP contribution in [0.1, 0.15) is 46.4 Å². The second-order valence-electron chi connectivity index (χ2n) is 6.53. The number of nitrogens with zero attached hydrogens (tertiary/aromatic N) is 2. The summed E-state index contributed by atoms with van der Waals surface area (Å²) in [5.74, 6) is 1.02. The van der Waals surface area contributed by atoms with Crippen LogP contribution < -0.4 is 14.8 Å². The highest BCUT2D eigenvalue weighted by atomic mass is 32.1. The molecule has 0 aliphatic rings. The van der Waals surface area contributed by atoms with Gasteiger partial charge in [-0.15, -0.1) is 11.3 Å². The SMILES string of the molecule is CCCCOc1ncccc1CNC(=O)c1cccc(OCc2csc(C)n2)c1. The Morgan fingerprint density at radius 3 is 2.90 bits per heavy atom. The molecule has 0 fully saturated rings. The fourth-order valence-electron chi connectivity index (χ4n) is 2.64. The summed E-state index contributed by atoms with van der Waals surface area (Å²) in [6, 6.07) is 10.9. The molecule has 2 aromatic heterocycles. The van der Waals surface area contributed by atoms with Gasteiger partial charge in [-0.2, -0.15) is 0 Å². The molecule has 3 rings (SSSR count). The van der Waals surface area contributed by atoms with E-state index in [4.69, 9.17) is 9.47 Å². The lowest BCUT2D eigenvalue weighted by Crippen LogP contribution is -2.23. The number of nitrogens with one attached hydrogen (secondary N) is 1. The Hall–Kier alpha value is -2.93. The molecule has 0 saturated heterocycles. The number of ether oxygens (including phenoxy) is 2. The minimum absolute atomic E-state index is 0.177. The predicted molar refractivity (Wildman–Crippen MR) is 113 cm³/mol. The molecule has 2 heterocycles.